The summed E-state index contributed by atoms with van der Waals surface area (Å²) in [4.78, 5) is 0. The van der Waals surface area contributed by atoms with Crippen molar-refractivity contribution >= 4 is 49.9 Å². The smallest absolute Gasteiger partial charge is 0.0587 e. The van der Waals surface area contributed by atoms with Gasteiger partial charge in [-0.1, -0.05) is 66.2 Å². The molecule has 2 aromatic heterocycles. The molecule has 0 saturated carbocycles. The highest BCUT2D eigenvalue weighted by molar-refractivity contribution is 14.1. The maximum absolute atomic E-state index is 2.53. The first-order valence-corrected chi connectivity index (χ1v) is 9.91. The summed E-state index contributed by atoms with van der Waals surface area (Å²) < 4.78 is 3.77. The number of para-hydroxylation sites is 2. The van der Waals surface area contributed by atoms with E-state index in [4.69, 9.17) is 0 Å². The van der Waals surface area contributed by atoms with Gasteiger partial charge in [-0.25, -0.2) is 0 Å². The highest BCUT2D eigenvalue weighted by atomic mass is 127. The maximum atomic E-state index is 2.53. The molecular weight excluding hydrogens is 429 g/mol. The topological polar surface area (TPSA) is 4.41 Å². The molecule has 2 heteroatoms. The van der Waals surface area contributed by atoms with Gasteiger partial charge in [-0.05, 0) is 59.7 Å². The summed E-state index contributed by atoms with van der Waals surface area (Å²) >= 11 is 2.53. The zero-order valence-electron chi connectivity index (χ0n) is 14.8. The highest BCUT2D eigenvalue weighted by Gasteiger charge is 2.19. The van der Waals surface area contributed by atoms with E-state index in [2.05, 4.69) is 114 Å². The minimum absolute atomic E-state index is 1.27. The molecule has 0 N–H and O–H groups in total. The van der Waals surface area contributed by atoms with Crippen molar-refractivity contribution in [1.29, 1.82) is 0 Å². The third-order valence-electron chi connectivity index (χ3n) is 5.27. The lowest BCUT2D eigenvalue weighted by atomic mass is 9.99. The summed E-state index contributed by atoms with van der Waals surface area (Å²) in [6.07, 6.45) is 0. The predicted molar refractivity (Wildman–Crippen MR) is 120 cm³/mol. The molecule has 0 fully saturated rings. The molecule has 1 nitrogen and oxygen atoms in total. The number of hydrogen-bond acceptors (Lipinski definition) is 0. The third kappa shape index (κ3) is 2.15. The van der Waals surface area contributed by atoms with Crippen LogP contribution in [0.2, 0.25) is 0 Å². The van der Waals surface area contributed by atoms with E-state index >= 15 is 0 Å². The molecule has 0 radical (unpaired) electrons. The number of nitrogens with zero attached hydrogens (tertiary/aromatic N) is 1. The van der Waals surface area contributed by atoms with Crippen molar-refractivity contribution in [3.05, 3.63) is 87.5 Å². The number of hydrogen-bond donors (Lipinski definition) is 0. The van der Waals surface area contributed by atoms with Crippen molar-refractivity contribution in [2.45, 2.75) is 13.8 Å². The molecule has 5 rings (SSSR count). The molecule has 0 atom stereocenters. The van der Waals surface area contributed by atoms with Crippen LogP contribution in [0.25, 0.3) is 38.4 Å². The van der Waals surface area contributed by atoms with E-state index in [1.807, 2.05) is 0 Å². The number of aromatic nitrogens is 1. The highest BCUT2D eigenvalue weighted by Crippen LogP contribution is 2.41. The normalized spacial score (nSPS) is 11.7. The Kier molecular flexibility index (Phi) is 3.57. The molecule has 0 aliphatic rings. The van der Waals surface area contributed by atoms with Gasteiger partial charge in [-0.3, -0.25) is 0 Å². The Morgan fingerprint density at radius 2 is 1.38 bits per heavy atom. The van der Waals surface area contributed by atoms with Crippen LogP contribution < -0.4 is 0 Å². The van der Waals surface area contributed by atoms with Gasteiger partial charge in [0.25, 0.3) is 0 Å². The van der Waals surface area contributed by atoms with Crippen molar-refractivity contribution in [3.63, 3.8) is 0 Å². The van der Waals surface area contributed by atoms with Gasteiger partial charge in [0.15, 0.2) is 0 Å². The monoisotopic (exact) mass is 447 g/mol. The Labute approximate surface area is 166 Å². The Balaban J connectivity index is 2.12. The van der Waals surface area contributed by atoms with Gasteiger partial charge < -0.3 is 4.40 Å². The van der Waals surface area contributed by atoms with Crippen LogP contribution >= 0.6 is 22.6 Å². The molecule has 0 aliphatic carbocycles. The summed E-state index contributed by atoms with van der Waals surface area (Å²) in [6, 6.07) is 26.3. The van der Waals surface area contributed by atoms with E-state index in [1.165, 1.54) is 53.1 Å². The van der Waals surface area contributed by atoms with Crippen LogP contribution in [-0.2, 0) is 0 Å². The zero-order valence-corrected chi connectivity index (χ0v) is 16.9. The standard InChI is InChI=1S/C24H18IN/c1-15-8-7-9-17(14-15)22-23(25)19-11-4-6-13-21(19)26-20-12-5-3-10-18(20)16(2)24(22)26/h3-14H,1-2H3. The number of fused-ring (bicyclic) bond motifs is 5. The van der Waals surface area contributed by atoms with Crippen LogP contribution in [0.3, 0.4) is 0 Å². The lowest BCUT2D eigenvalue weighted by Crippen LogP contribution is -1.96. The molecule has 0 amide bonds. The Hall–Kier alpha value is -2.33. The molecule has 3 aromatic carbocycles. The van der Waals surface area contributed by atoms with Crippen LogP contribution in [0.5, 0.6) is 0 Å². The van der Waals surface area contributed by atoms with Gasteiger partial charge in [0.2, 0.25) is 0 Å². The number of halogens is 1. The van der Waals surface area contributed by atoms with E-state index in [-0.39, 0.29) is 0 Å². The first kappa shape index (κ1) is 15.9. The fraction of sp³-hybridized carbons (Fsp3) is 0.0833. The van der Waals surface area contributed by atoms with Crippen LogP contribution in [0.15, 0.2) is 72.8 Å². The average Bonchev–Trinajstić information content (AvgIpc) is 2.96. The van der Waals surface area contributed by atoms with Crippen molar-refractivity contribution in [2.24, 2.45) is 0 Å². The van der Waals surface area contributed by atoms with Crippen LogP contribution in [0, 0.1) is 17.4 Å². The molecule has 2 heterocycles. The lowest BCUT2D eigenvalue weighted by molar-refractivity contribution is 1.31. The molecule has 0 bridgehead atoms. The maximum Gasteiger partial charge on any atom is 0.0587 e. The van der Waals surface area contributed by atoms with Crippen molar-refractivity contribution in [2.75, 3.05) is 0 Å². The van der Waals surface area contributed by atoms with Crippen LogP contribution in [0.1, 0.15) is 11.1 Å². The lowest BCUT2D eigenvalue weighted by Gasteiger charge is -2.15. The van der Waals surface area contributed by atoms with E-state index in [1.54, 1.807) is 0 Å². The summed E-state index contributed by atoms with van der Waals surface area (Å²) in [5, 5.41) is 2.63. The molecule has 0 spiro atoms. The molecular formula is C24H18IN. The first-order valence-electron chi connectivity index (χ1n) is 8.84. The second kappa shape index (κ2) is 5.85. The first-order chi connectivity index (χ1) is 12.7. The zero-order chi connectivity index (χ0) is 17.8. The second-order valence-corrected chi connectivity index (χ2v) is 7.98. The summed E-state index contributed by atoms with van der Waals surface area (Å²) in [5.74, 6) is 0. The van der Waals surface area contributed by atoms with Gasteiger partial charge >= 0.3 is 0 Å². The van der Waals surface area contributed by atoms with Crippen LogP contribution in [-0.4, -0.2) is 4.40 Å². The van der Waals surface area contributed by atoms with Gasteiger partial charge in [-0.2, -0.15) is 0 Å². The van der Waals surface area contributed by atoms with Crippen molar-refractivity contribution < 1.29 is 0 Å². The van der Waals surface area contributed by atoms with Gasteiger partial charge in [-0.15, -0.1) is 0 Å². The average molecular weight is 447 g/mol. The van der Waals surface area contributed by atoms with Gasteiger partial charge in [0.1, 0.15) is 0 Å². The summed E-state index contributed by atoms with van der Waals surface area (Å²) in [6.45, 7) is 4.41. The van der Waals surface area contributed by atoms with E-state index in [0.29, 0.717) is 0 Å². The molecule has 26 heavy (non-hydrogen) atoms. The molecule has 0 unspecified atom stereocenters. The predicted octanol–water partition coefficient (Wildman–Crippen LogP) is 7.13. The SMILES string of the molecule is Cc1cccc(-c2c(I)c3ccccc3n3c2c(C)c2ccccc23)c1. The summed E-state index contributed by atoms with van der Waals surface area (Å²) in [5.41, 5.74) is 9.13. The third-order valence-corrected chi connectivity index (χ3v) is 6.39. The number of aryl methyl sites for hydroxylation is 2. The van der Waals surface area contributed by atoms with Crippen molar-refractivity contribution in [1.82, 2.24) is 4.40 Å². The minimum atomic E-state index is 1.27. The number of benzene rings is 3. The minimum Gasteiger partial charge on any atom is -0.308 e. The van der Waals surface area contributed by atoms with E-state index < -0.39 is 0 Å². The Bertz CT molecular complexity index is 1310. The van der Waals surface area contributed by atoms with Gasteiger partial charge in [0.05, 0.1) is 16.6 Å². The molecule has 5 aromatic rings. The number of pyridine rings is 1. The van der Waals surface area contributed by atoms with E-state index in [0.717, 1.165) is 0 Å². The molecule has 0 saturated heterocycles. The fourth-order valence-corrected chi connectivity index (χ4v) is 5.13. The second-order valence-electron chi connectivity index (χ2n) is 6.90. The van der Waals surface area contributed by atoms with Crippen LogP contribution in [0.4, 0.5) is 0 Å². The number of rotatable bonds is 1. The quantitative estimate of drug-likeness (QED) is 0.241. The largest absolute Gasteiger partial charge is 0.308 e. The Morgan fingerprint density at radius 1 is 0.731 bits per heavy atom. The fourth-order valence-electron chi connectivity index (χ4n) is 4.11. The Morgan fingerprint density at radius 3 is 2.12 bits per heavy atom. The molecule has 0 aliphatic heterocycles. The summed E-state index contributed by atoms with van der Waals surface area (Å²) in [7, 11) is 0. The van der Waals surface area contributed by atoms with Gasteiger partial charge in [0, 0.05) is 19.9 Å². The van der Waals surface area contributed by atoms with Crippen molar-refractivity contribution in [3.8, 4) is 11.1 Å². The van der Waals surface area contributed by atoms with E-state index in [9.17, 15) is 0 Å². The molecule has 126 valence electrons.